The predicted molar refractivity (Wildman–Crippen MR) is 65.3 cm³/mol. The number of halogens is 1. The van der Waals surface area contributed by atoms with Crippen molar-refractivity contribution >= 4 is 21.9 Å². The average molecular weight is 284 g/mol. The SMILES string of the molecule is COC(=O)CC1(c2ccc(Br)cc2)CNC1. The van der Waals surface area contributed by atoms with E-state index < -0.39 is 0 Å². The van der Waals surface area contributed by atoms with E-state index in [0.717, 1.165) is 17.6 Å². The number of ether oxygens (including phenoxy) is 1. The molecule has 0 aliphatic carbocycles. The fourth-order valence-corrected chi connectivity index (χ4v) is 2.27. The van der Waals surface area contributed by atoms with Crippen molar-refractivity contribution in [3.8, 4) is 0 Å². The Labute approximate surface area is 103 Å². The van der Waals surface area contributed by atoms with E-state index in [-0.39, 0.29) is 11.4 Å². The van der Waals surface area contributed by atoms with Gasteiger partial charge in [0.25, 0.3) is 0 Å². The minimum Gasteiger partial charge on any atom is -0.469 e. The van der Waals surface area contributed by atoms with E-state index in [9.17, 15) is 4.79 Å². The molecule has 0 saturated carbocycles. The van der Waals surface area contributed by atoms with Gasteiger partial charge in [-0.3, -0.25) is 4.79 Å². The molecule has 1 fully saturated rings. The van der Waals surface area contributed by atoms with Gasteiger partial charge in [0.15, 0.2) is 0 Å². The van der Waals surface area contributed by atoms with Crippen LogP contribution in [0.4, 0.5) is 0 Å². The van der Waals surface area contributed by atoms with E-state index in [4.69, 9.17) is 4.74 Å². The smallest absolute Gasteiger partial charge is 0.306 e. The fraction of sp³-hybridized carbons (Fsp3) is 0.417. The summed E-state index contributed by atoms with van der Waals surface area (Å²) in [5.74, 6) is -0.149. The molecule has 1 N–H and O–H groups in total. The van der Waals surface area contributed by atoms with Crippen LogP contribution in [-0.2, 0) is 14.9 Å². The third-order valence-electron chi connectivity index (χ3n) is 3.09. The molecule has 1 aromatic rings. The van der Waals surface area contributed by atoms with Crippen LogP contribution in [0.15, 0.2) is 28.7 Å². The second kappa shape index (κ2) is 4.55. The topological polar surface area (TPSA) is 38.3 Å². The highest BCUT2D eigenvalue weighted by Crippen LogP contribution is 2.33. The van der Waals surface area contributed by atoms with Crippen molar-refractivity contribution in [2.75, 3.05) is 20.2 Å². The molecule has 1 saturated heterocycles. The summed E-state index contributed by atoms with van der Waals surface area (Å²) in [4.78, 5) is 11.4. The van der Waals surface area contributed by atoms with Crippen molar-refractivity contribution in [1.29, 1.82) is 0 Å². The van der Waals surface area contributed by atoms with Crippen LogP contribution in [-0.4, -0.2) is 26.2 Å². The molecule has 0 amide bonds. The highest BCUT2D eigenvalue weighted by Gasteiger charge is 2.40. The first-order valence-corrected chi connectivity index (χ1v) is 5.99. The lowest BCUT2D eigenvalue weighted by molar-refractivity contribution is -0.142. The van der Waals surface area contributed by atoms with Gasteiger partial charge in [0, 0.05) is 23.0 Å². The van der Waals surface area contributed by atoms with E-state index in [1.54, 1.807) is 0 Å². The summed E-state index contributed by atoms with van der Waals surface area (Å²) >= 11 is 3.41. The molecule has 1 aliphatic rings. The summed E-state index contributed by atoms with van der Waals surface area (Å²) in [6, 6.07) is 8.14. The van der Waals surface area contributed by atoms with Crippen LogP contribution >= 0.6 is 15.9 Å². The summed E-state index contributed by atoms with van der Waals surface area (Å²) in [6.07, 6.45) is 0.443. The van der Waals surface area contributed by atoms with Gasteiger partial charge < -0.3 is 10.1 Å². The number of carbonyl (C=O) groups is 1. The zero-order chi connectivity index (χ0) is 11.6. The van der Waals surface area contributed by atoms with Gasteiger partial charge >= 0.3 is 5.97 Å². The molecule has 1 heterocycles. The molecule has 86 valence electrons. The van der Waals surface area contributed by atoms with Gasteiger partial charge in [-0.1, -0.05) is 28.1 Å². The third kappa shape index (κ3) is 2.13. The zero-order valence-electron chi connectivity index (χ0n) is 9.13. The highest BCUT2D eigenvalue weighted by molar-refractivity contribution is 9.10. The number of rotatable bonds is 3. The quantitative estimate of drug-likeness (QED) is 0.861. The van der Waals surface area contributed by atoms with E-state index >= 15 is 0 Å². The summed E-state index contributed by atoms with van der Waals surface area (Å²) in [5, 5.41) is 3.23. The molecule has 1 aromatic carbocycles. The van der Waals surface area contributed by atoms with Crippen LogP contribution in [0.5, 0.6) is 0 Å². The number of esters is 1. The van der Waals surface area contributed by atoms with Crippen molar-refractivity contribution in [2.45, 2.75) is 11.8 Å². The van der Waals surface area contributed by atoms with Gasteiger partial charge in [-0.05, 0) is 17.7 Å². The van der Waals surface area contributed by atoms with Gasteiger partial charge in [-0.2, -0.15) is 0 Å². The molecular formula is C12H14BrNO2. The zero-order valence-corrected chi connectivity index (χ0v) is 10.7. The number of methoxy groups -OCH3 is 1. The van der Waals surface area contributed by atoms with Crippen molar-refractivity contribution in [3.05, 3.63) is 34.3 Å². The Kier molecular flexibility index (Phi) is 3.30. The van der Waals surface area contributed by atoms with Crippen LogP contribution in [0.1, 0.15) is 12.0 Å². The van der Waals surface area contributed by atoms with Gasteiger partial charge in [0.2, 0.25) is 0 Å². The Morgan fingerprint density at radius 3 is 2.50 bits per heavy atom. The molecule has 1 aliphatic heterocycles. The van der Waals surface area contributed by atoms with Crippen LogP contribution in [0.3, 0.4) is 0 Å². The lowest BCUT2D eigenvalue weighted by atomic mass is 9.73. The van der Waals surface area contributed by atoms with Crippen LogP contribution in [0.2, 0.25) is 0 Å². The second-order valence-corrected chi connectivity index (χ2v) is 5.06. The third-order valence-corrected chi connectivity index (χ3v) is 3.62. The molecule has 16 heavy (non-hydrogen) atoms. The molecule has 4 heteroatoms. The molecule has 0 spiro atoms. The van der Waals surface area contributed by atoms with Gasteiger partial charge in [-0.25, -0.2) is 0 Å². The lowest BCUT2D eigenvalue weighted by Crippen LogP contribution is -2.57. The van der Waals surface area contributed by atoms with Crippen LogP contribution in [0.25, 0.3) is 0 Å². The van der Waals surface area contributed by atoms with Crippen LogP contribution in [0, 0.1) is 0 Å². The first-order chi connectivity index (χ1) is 7.66. The fourth-order valence-electron chi connectivity index (χ4n) is 2.01. The molecular weight excluding hydrogens is 270 g/mol. The lowest BCUT2D eigenvalue weighted by Gasteiger charge is -2.42. The largest absolute Gasteiger partial charge is 0.469 e. The number of nitrogens with one attached hydrogen (secondary N) is 1. The van der Waals surface area contributed by atoms with Gasteiger partial charge in [-0.15, -0.1) is 0 Å². The van der Waals surface area contributed by atoms with Crippen molar-refractivity contribution in [1.82, 2.24) is 5.32 Å². The van der Waals surface area contributed by atoms with Crippen molar-refractivity contribution in [2.24, 2.45) is 0 Å². The Morgan fingerprint density at radius 1 is 1.44 bits per heavy atom. The van der Waals surface area contributed by atoms with Crippen molar-refractivity contribution < 1.29 is 9.53 Å². The first kappa shape index (κ1) is 11.6. The Balaban J connectivity index is 2.21. The highest BCUT2D eigenvalue weighted by atomic mass is 79.9. The minimum atomic E-state index is -0.149. The average Bonchev–Trinajstić information content (AvgIpc) is 2.24. The molecule has 0 radical (unpaired) electrons. The Bertz CT molecular complexity index is 385. The molecule has 2 rings (SSSR count). The number of benzene rings is 1. The summed E-state index contributed by atoms with van der Waals surface area (Å²) in [5.41, 5.74) is 1.12. The Hall–Kier alpha value is -0.870. The molecule has 0 atom stereocenters. The minimum absolute atomic E-state index is 0.0756. The van der Waals surface area contributed by atoms with E-state index in [1.165, 1.54) is 12.7 Å². The van der Waals surface area contributed by atoms with E-state index in [1.807, 2.05) is 12.1 Å². The number of hydrogen-bond acceptors (Lipinski definition) is 3. The maximum absolute atomic E-state index is 11.4. The van der Waals surface area contributed by atoms with Gasteiger partial charge in [0.05, 0.1) is 13.5 Å². The summed E-state index contributed by atoms with van der Waals surface area (Å²) < 4.78 is 5.80. The molecule has 3 nitrogen and oxygen atoms in total. The second-order valence-electron chi connectivity index (χ2n) is 4.14. The Morgan fingerprint density at radius 2 is 2.06 bits per heavy atom. The molecule has 0 unspecified atom stereocenters. The van der Waals surface area contributed by atoms with E-state index in [2.05, 4.69) is 33.4 Å². The standard InChI is InChI=1S/C12H14BrNO2/c1-16-11(15)6-12(7-14-8-12)9-2-4-10(13)5-3-9/h2-5,14H,6-8H2,1H3. The van der Waals surface area contributed by atoms with Crippen LogP contribution < -0.4 is 5.32 Å². The monoisotopic (exact) mass is 283 g/mol. The maximum atomic E-state index is 11.4. The number of carbonyl (C=O) groups excluding carboxylic acids is 1. The first-order valence-electron chi connectivity index (χ1n) is 5.20. The van der Waals surface area contributed by atoms with Crippen molar-refractivity contribution in [3.63, 3.8) is 0 Å². The maximum Gasteiger partial charge on any atom is 0.306 e. The summed E-state index contributed by atoms with van der Waals surface area (Å²) in [6.45, 7) is 1.67. The van der Waals surface area contributed by atoms with E-state index in [0.29, 0.717) is 6.42 Å². The normalized spacial score (nSPS) is 17.6. The predicted octanol–water partition coefficient (Wildman–Crippen LogP) is 1.85. The van der Waals surface area contributed by atoms with Gasteiger partial charge in [0.1, 0.15) is 0 Å². The summed E-state index contributed by atoms with van der Waals surface area (Å²) in [7, 11) is 1.43. The molecule has 0 aromatic heterocycles. The number of hydrogen-bond donors (Lipinski definition) is 1. The molecule has 0 bridgehead atoms.